The van der Waals surface area contributed by atoms with E-state index in [2.05, 4.69) is 0 Å². The monoisotopic (exact) mass is 316 g/mol. The van der Waals surface area contributed by atoms with Crippen LogP contribution < -0.4 is 0 Å². The predicted octanol–water partition coefficient (Wildman–Crippen LogP) is 1.62. The van der Waals surface area contributed by atoms with Gasteiger partial charge in [-0.3, -0.25) is 10.1 Å². The Bertz CT molecular complexity index is 600. The number of likely N-dealkylation sites (N-methyl/N-ethyl adjacent to an activating group) is 1. The van der Waals surface area contributed by atoms with Gasteiger partial charge >= 0.3 is 0 Å². The van der Waals surface area contributed by atoms with Crippen molar-refractivity contribution < 1.29 is 18.4 Å². The second kappa shape index (κ2) is 6.97. The van der Waals surface area contributed by atoms with Crippen LogP contribution in [0.15, 0.2) is 29.2 Å². The second-order valence-corrected chi connectivity index (χ2v) is 6.79. The number of rotatable bonds is 7. The van der Waals surface area contributed by atoms with Crippen LogP contribution in [0.2, 0.25) is 0 Å². The van der Waals surface area contributed by atoms with Crippen LogP contribution in [-0.2, 0) is 10.0 Å². The third kappa shape index (κ3) is 3.58. The zero-order chi connectivity index (χ0) is 16.2. The lowest BCUT2D eigenvalue weighted by Crippen LogP contribution is -2.45. The van der Waals surface area contributed by atoms with E-state index in [1.165, 1.54) is 18.2 Å². The Morgan fingerprint density at radius 2 is 1.90 bits per heavy atom. The van der Waals surface area contributed by atoms with Crippen molar-refractivity contribution in [3.63, 3.8) is 0 Å². The van der Waals surface area contributed by atoms with Crippen molar-refractivity contribution >= 4 is 15.7 Å². The van der Waals surface area contributed by atoms with E-state index in [0.29, 0.717) is 0 Å². The van der Waals surface area contributed by atoms with Gasteiger partial charge in [-0.25, -0.2) is 8.42 Å². The molecule has 0 aliphatic heterocycles. The van der Waals surface area contributed by atoms with Crippen LogP contribution in [0, 0.1) is 16.0 Å². The zero-order valence-corrected chi connectivity index (χ0v) is 13.1. The molecule has 0 spiro atoms. The summed E-state index contributed by atoms with van der Waals surface area (Å²) in [7, 11) is -4.05. The van der Waals surface area contributed by atoms with E-state index in [4.69, 9.17) is 0 Å². The molecule has 1 aromatic carbocycles. The van der Waals surface area contributed by atoms with Crippen LogP contribution in [0.1, 0.15) is 20.8 Å². The number of benzene rings is 1. The third-order valence-electron chi connectivity index (χ3n) is 3.29. The van der Waals surface area contributed by atoms with Gasteiger partial charge in [0.1, 0.15) is 0 Å². The average molecular weight is 316 g/mol. The fraction of sp³-hybridized carbons (Fsp3) is 0.538. The maximum absolute atomic E-state index is 12.7. The first-order valence-corrected chi connectivity index (χ1v) is 8.07. The number of nitrogens with zero attached hydrogens (tertiary/aromatic N) is 2. The molecule has 0 radical (unpaired) electrons. The van der Waals surface area contributed by atoms with Crippen molar-refractivity contribution in [2.24, 2.45) is 5.92 Å². The molecule has 0 saturated heterocycles. The number of nitro benzene ring substituents is 1. The maximum atomic E-state index is 12.7. The van der Waals surface area contributed by atoms with E-state index in [9.17, 15) is 23.6 Å². The molecule has 0 amide bonds. The Balaban J connectivity index is 3.42. The normalized spacial score (nSPS) is 13.6. The third-order valence-corrected chi connectivity index (χ3v) is 5.33. The minimum absolute atomic E-state index is 0.118. The van der Waals surface area contributed by atoms with Gasteiger partial charge in [0.2, 0.25) is 10.0 Å². The number of para-hydroxylation sites is 1. The summed E-state index contributed by atoms with van der Waals surface area (Å²) in [6, 6.07) is 4.60. The van der Waals surface area contributed by atoms with E-state index in [1.54, 1.807) is 20.8 Å². The highest BCUT2D eigenvalue weighted by Gasteiger charge is 2.35. The van der Waals surface area contributed by atoms with Gasteiger partial charge in [0, 0.05) is 12.6 Å². The summed E-state index contributed by atoms with van der Waals surface area (Å²) in [5.41, 5.74) is -0.462. The molecular weight excluding hydrogens is 296 g/mol. The summed E-state index contributed by atoms with van der Waals surface area (Å²) in [6.45, 7) is 5.00. The van der Waals surface area contributed by atoms with Crippen LogP contribution in [0.4, 0.5) is 5.69 Å². The topological polar surface area (TPSA) is 101 Å². The van der Waals surface area contributed by atoms with Crippen LogP contribution in [0.25, 0.3) is 0 Å². The molecule has 7 nitrogen and oxygen atoms in total. The van der Waals surface area contributed by atoms with Gasteiger partial charge in [0.25, 0.3) is 5.69 Å². The van der Waals surface area contributed by atoms with Gasteiger partial charge in [-0.05, 0) is 12.0 Å². The molecule has 0 aromatic heterocycles. The fourth-order valence-corrected chi connectivity index (χ4v) is 4.09. The maximum Gasteiger partial charge on any atom is 0.289 e. The predicted molar refractivity (Wildman–Crippen MR) is 78.4 cm³/mol. The molecular formula is C13H20N2O5S. The lowest BCUT2D eigenvalue weighted by atomic mass is 10.1. The van der Waals surface area contributed by atoms with Gasteiger partial charge < -0.3 is 5.11 Å². The molecule has 0 saturated carbocycles. The molecule has 0 heterocycles. The highest BCUT2D eigenvalue weighted by molar-refractivity contribution is 7.89. The fourth-order valence-electron chi connectivity index (χ4n) is 2.17. The van der Waals surface area contributed by atoms with Gasteiger partial charge in [-0.2, -0.15) is 4.31 Å². The SMILES string of the molecule is CCN([C@H](CO)C(C)C)S(=O)(=O)c1ccccc1[N+](=O)[O-]. The lowest BCUT2D eigenvalue weighted by molar-refractivity contribution is -0.387. The first-order chi connectivity index (χ1) is 9.77. The Labute approximate surface area is 124 Å². The summed E-state index contributed by atoms with van der Waals surface area (Å²) in [5.74, 6) is -0.118. The van der Waals surface area contributed by atoms with E-state index in [-0.39, 0.29) is 24.0 Å². The van der Waals surface area contributed by atoms with Crippen molar-refractivity contribution in [2.75, 3.05) is 13.2 Å². The number of hydrogen-bond acceptors (Lipinski definition) is 5. The van der Waals surface area contributed by atoms with Gasteiger partial charge in [0.15, 0.2) is 4.90 Å². The van der Waals surface area contributed by atoms with Crippen molar-refractivity contribution in [3.8, 4) is 0 Å². The molecule has 0 fully saturated rings. The summed E-state index contributed by atoms with van der Waals surface area (Å²) in [5, 5.41) is 20.5. The van der Waals surface area contributed by atoms with E-state index < -0.39 is 26.7 Å². The minimum atomic E-state index is -4.05. The largest absolute Gasteiger partial charge is 0.395 e. The number of aliphatic hydroxyl groups excluding tert-OH is 1. The molecule has 0 aliphatic rings. The number of hydrogen-bond donors (Lipinski definition) is 1. The molecule has 118 valence electrons. The Morgan fingerprint density at radius 3 is 2.33 bits per heavy atom. The highest BCUT2D eigenvalue weighted by Crippen LogP contribution is 2.28. The van der Waals surface area contributed by atoms with E-state index in [1.807, 2.05) is 0 Å². The summed E-state index contributed by atoms with van der Waals surface area (Å²) < 4.78 is 26.5. The summed E-state index contributed by atoms with van der Waals surface area (Å²) in [6.07, 6.45) is 0. The molecule has 1 aromatic rings. The molecule has 0 aliphatic carbocycles. The first kappa shape index (κ1) is 17.5. The number of aliphatic hydroxyl groups is 1. The number of nitro groups is 1. The molecule has 0 bridgehead atoms. The molecule has 21 heavy (non-hydrogen) atoms. The molecule has 8 heteroatoms. The average Bonchev–Trinajstić information content (AvgIpc) is 2.43. The Hall–Kier alpha value is -1.51. The highest BCUT2D eigenvalue weighted by atomic mass is 32.2. The lowest BCUT2D eigenvalue weighted by Gasteiger charge is -2.31. The summed E-state index contributed by atoms with van der Waals surface area (Å²) >= 11 is 0. The van der Waals surface area contributed by atoms with E-state index in [0.717, 1.165) is 10.4 Å². The van der Waals surface area contributed by atoms with Crippen molar-refractivity contribution in [2.45, 2.75) is 31.7 Å². The van der Waals surface area contributed by atoms with Crippen molar-refractivity contribution in [1.29, 1.82) is 0 Å². The van der Waals surface area contributed by atoms with Crippen LogP contribution in [-0.4, -0.2) is 41.9 Å². The van der Waals surface area contributed by atoms with Crippen LogP contribution in [0.3, 0.4) is 0 Å². The Kier molecular flexibility index (Phi) is 5.82. The number of sulfonamides is 1. The smallest absolute Gasteiger partial charge is 0.289 e. The first-order valence-electron chi connectivity index (χ1n) is 6.63. The zero-order valence-electron chi connectivity index (χ0n) is 12.3. The van der Waals surface area contributed by atoms with Crippen molar-refractivity contribution in [3.05, 3.63) is 34.4 Å². The Morgan fingerprint density at radius 1 is 1.33 bits per heavy atom. The van der Waals surface area contributed by atoms with E-state index >= 15 is 0 Å². The quantitative estimate of drug-likeness (QED) is 0.608. The van der Waals surface area contributed by atoms with Gasteiger partial charge in [-0.1, -0.05) is 32.9 Å². The minimum Gasteiger partial charge on any atom is -0.395 e. The van der Waals surface area contributed by atoms with Gasteiger partial charge in [-0.15, -0.1) is 0 Å². The molecule has 0 unspecified atom stereocenters. The second-order valence-electron chi connectivity index (χ2n) is 4.93. The van der Waals surface area contributed by atoms with Gasteiger partial charge in [0.05, 0.1) is 17.6 Å². The van der Waals surface area contributed by atoms with Crippen LogP contribution >= 0.6 is 0 Å². The standard InChI is InChI=1S/C13H20N2O5S/c1-4-14(12(9-16)10(2)3)21(19,20)13-8-6-5-7-11(13)15(17)18/h5-8,10,12,16H,4,9H2,1-3H3/t12-/m1/s1. The molecule has 1 rings (SSSR count). The van der Waals surface area contributed by atoms with Crippen molar-refractivity contribution in [1.82, 2.24) is 4.31 Å². The van der Waals surface area contributed by atoms with Crippen LogP contribution in [0.5, 0.6) is 0 Å². The summed E-state index contributed by atoms with van der Waals surface area (Å²) in [4.78, 5) is 9.96. The molecule has 1 atom stereocenters. The molecule has 1 N–H and O–H groups in total.